The van der Waals surface area contributed by atoms with Crippen LogP contribution in [0.25, 0.3) is 0 Å². The van der Waals surface area contributed by atoms with E-state index in [-0.39, 0.29) is 16.9 Å². The lowest BCUT2D eigenvalue weighted by Gasteiger charge is -2.18. The summed E-state index contributed by atoms with van der Waals surface area (Å²) in [6, 6.07) is 1.53. The Hall–Kier alpha value is -2.24. The molecule has 0 aromatic heterocycles. The molecule has 0 fully saturated rings. The first kappa shape index (κ1) is 20.1. The number of unbranched alkanes of at least 4 members (excludes halogenated alkanes) is 3. The zero-order valence-electron chi connectivity index (χ0n) is 15.9. The third-order valence-corrected chi connectivity index (χ3v) is 4.06. The van der Waals surface area contributed by atoms with Gasteiger partial charge in [-0.3, -0.25) is 0 Å². The molecule has 0 N–H and O–H groups in total. The summed E-state index contributed by atoms with van der Waals surface area (Å²) in [7, 11) is 0. The molecule has 2 rings (SSSR count). The van der Waals surface area contributed by atoms with Gasteiger partial charge in [0.25, 0.3) is 0 Å². The molecular formula is C20H28O6. The summed E-state index contributed by atoms with van der Waals surface area (Å²) in [5.41, 5.74) is 0.316. The van der Waals surface area contributed by atoms with Crippen LogP contribution in [0.2, 0.25) is 0 Å². The topological polar surface area (TPSA) is 71.1 Å². The maximum absolute atomic E-state index is 12.2. The number of carbonyl (C=O) groups excluding carboxylic acids is 2. The van der Waals surface area contributed by atoms with Crippen LogP contribution in [0.5, 0.6) is 17.2 Å². The van der Waals surface area contributed by atoms with Gasteiger partial charge in [0, 0.05) is 0 Å². The minimum absolute atomic E-state index is 0.139. The number of hydrogen-bond acceptors (Lipinski definition) is 6. The van der Waals surface area contributed by atoms with E-state index >= 15 is 0 Å². The van der Waals surface area contributed by atoms with Gasteiger partial charge in [-0.1, -0.05) is 40.0 Å². The molecular weight excluding hydrogens is 336 g/mol. The van der Waals surface area contributed by atoms with Gasteiger partial charge >= 0.3 is 11.9 Å². The van der Waals surface area contributed by atoms with Gasteiger partial charge in [-0.05, 0) is 25.3 Å². The van der Waals surface area contributed by atoms with Crippen LogP contribution in [0, 0.1) is 0 Å². The molecule has 144 valence electrons. The van der Waals surface area contributed by atoms with Crippen molar-refractivity contribution in [2.45, 2.75) is 59.3 Å². The largest absolute Gasteiger partial charge is 0.490 e. The third kappa shape index (κ3) is 4.68. The fourth-order valence-corrected chi connectivity index (χ4v) is 2.52. The Morgan fingerprint density at radius 1 is 0.769 bits per heavy atom. The van der Waals surface area contributed by atoms with Crippen LogP contribution >= 0.6 is 0 Å². The minimum atomic E-state index is -0.697. The molecule has 1 aromatic rings. The molecule has 0 saturated carbocycles. The lowest BCUT2D eigenvalue weighted by Crippen LogP contribution is -2.09. The van der Waals surface area contributed by atoms with Gasteiger partial charge in [-0.25, -0.2) is 9.59 Å². The van der Waals surface area contributed by atoms with Crippen LogP contribution in [0.15, 0.2) is 6.07 Å². The highest BCUT2D eigenvalue weighted by Crippen LogP contribution is 2.45. The molecule has 26 heavy (non-hydrogen) atoms. The first-order valence-corrected chi connectivity index (χ1v) is 9.49. The predicted octanol–water partition coefficient (Wildman–Crippen LogP) is 4.53. The van der Waals surface area contributed by atoms with Gasteiger partial charge in [-0.15, -0.1) is 0 Å². The molecule has 0 radical (unpaired) electrons. The zero-order chi connectivity index (χ0) is 18.9. The van der Waals surface area contributed by atoms with E-state index in [0.29, 0.717) is 31.3 Å². The normalized spacial score (nSPS) is 12.7. The highest BCUT2D eigenvalue weighted by molar-refractivity contribution is 6.17. The summed E-state index contributed by atoms with van der Waals surface area (Å²) in [5, 5.41) is 0. The van der Waals surface area contributed by atoms with Crippen LogP contribution in [0.1, 0.15) is 80.0 Å². The van der Waals surface area contributed by atoms with E-state index in [2.05, 4.69) is 20.8 Å². The Bertz CT molecular complexity index is 638. The summed E-state index contributed by atoms with van der Waals surface area (Å²) in [6.45, 7) is 7.59. The maximum Gasteiger partial charge on any atom is 0.350 e. The molecule has 1 aliphatic heterocycles. The van der Waals surface area contributed by atoms with E-state index in [4.69, 9.17) is 18.9 Å². The van der Waals surface area contributed by atoms with E-state index in [9.17, 15) is 9.59 Å². The first-order chi connectivity index (χ1) is 12.6. The first-order valence-electron chi connectivity index (χ1n) is 9.49. The van der Waals surface area contributed by atoms with E-state index in [1.165, 1.54) is 6.07 Å². The number of benzene rings is 1. The Labute approximate surface area is 154 Å². The van der Waals surface area contributed by atoms with Gasteiger partial charge in [0.2, 0.25) is 5.75 Å². The molecule has 1 aromatic carbocycles. The summed E-state index contributed by atoms with van der Waals surface area (Å²) in [6.07, 6.45) is 5.47. The maximum atomic E-state index is 12.2. The number of rotatable bonds is 12. The number of carbonyl (C=O) groups is 2. The van der Waals surface area contributed by atoms with Gasteiger partial charge in [0.1, 0.15) is 5.56 Å². The van der Waals surface area contributed by atoms with Crippen molar-refractivity contribution in [3.63, 3.8) is 0 Å². The molecule has 6 nitrogen and oxygen atoms in total. The lowest BCUT2D eigenvalue weighted by atomic mass is 10.1. The van der Waals surface area contributed by atoms with Gasteiger partial charge in [-0.2, -0.15) is 0 Å². The fourth-order valence-electron chi connectivity index (χ4n) is 2.52. The van der Waals surface area contributed by atoms with Gasteiger partial charge in [0.05, 0.1) is 25.4 Å². The third-order valence-electron chi connectivity index (χ3n) is 4.06. The quantitative estimate of drug-likeness (QED) is 0.308. The average Bonchev–Trinajstić information content (AvgIpc) is 2.91. The second kappa shape index (κ2) is 10.0. The highest BCUT2D eigenvalue weighted by atomic mass is 16.6. The van der Waals surface area contributed by atoms with Crippen molar-refractivity contribution in [2.75, 3.05) is 19.8 Å². The molecule has 6 heteroatoms. The predicted molar refractivity (Wildman–Crippen MR) is 97.4 cm³/mol. The van der Waals surface area contributed by atoms with E-state index < -0.39 is 11.9 Å². The molecule has 0 unspecified atom stereocenters. The minimum Gasteiger partial charge on any atom is -0.490 e. The Balaban J connectivity index is 2.44. The molecule has 0 spiro atoms. The van der Waals surface area contributed by atoms with Crippen molar-refractivity contribution >= 4 is 11.9 Å². The molecule has 0 saturated heterocycles. The molecule has 1 heterocycles. The SMILES string of the molecule is CCCCOc1cc2c(c(OCCCC)c1OCCCC)C(=O)OC2=O. The lowest BCUT2D eigenvalue weighted by molar-refractivity contribution is 0.0442. The second-order valence-electron chi connectivity index (χ2n) is 6.24. The molecule has 0 atom stereocenters. The number of hydrogen-bond donors (Lipinski definition) is 0. The highest BCUT2D eigenvalue weighted by Gasteiger charge is 2.37. The second-order valence-corrected chi connectivity index (χ2v) is 6.24. The van der Waals surface area contributed by atoms with Crippen molar-refractivity contribution in [3.05, 3.63) is 17.2 Å². The monoisotopic (exact) mass is 364 g/mol. The summed E-state index contributed by atoms with van der Waals surface area (Å²) >= 11 is 0. The Morgan fingerprint density at radius 2 is 1.31 bits per heavy atom. The number of ether oxygens (including phenoxy) is 4. The fraction of sp³-hybridized carbons (Fsp3) is 0.600. The summed E-state index contributed by atoms with van der Waals surface area (Å²) in [5.74, 6) is -0.306. The summed E-state index contributed by atoms with van der Waals surface area (Å²) < 4.78 is 22.4. The smallest absolute Gasteiger partial charge is 0.350 e. The van der Waals surface area contributed by atoms with Crippen LogP contribution in [0.3, 0.4) is 0 Å². The Kier molecular flexibility index (Phi) is 7.75. The van der Waals surface area contributed by atoms with Crippen LogP contribution in [-0.2, 0) is 4.74 Å². The molecule has 0 bridgehead atoms. The van der Waals surface area contributed by atoms with E-state index in [1.807, 2.05) is 0 Å². The molecule has 0 amide bonds. The molecule has 0 aliphatic carbocycles. The zero-order valence-corrected chi connectivity index (χ0v) is 15.9. The van der Waals surface area contributed by atoms with Crippen molar-refractivity contribution in [1.82, 2.24) is 0 Å². The van der Waals surface area contributed by atoms with Gasteiger partial charge in [0.15, 0.2) is 11.5 Å². The van der Waals surface area contributed by atoms with E-state index in [0.717, 1.165) is 38.5 Å². The van der Waals surface area contributed by atoms with Crippen molar-refractivity contribution in [3.8, 4) is 17.2 Å². The average molecular weight is 364 g/mol. The standard InChI is InChI=1S/C20H28O6/c1-4-7-10-23-15-13-14-16(20(22)26-19(14)21)18(25-12-9-6-3)17(15)24-11-8-5-2/h13H,4-12H2,1-3H3. The Morgan fingerprint density at radius 3 is 1.88 bits per heavy atom. The van der Waals surface area contributed by atoms with Crippen molar-refractivity contribution < 1.29 is 28.5 Å². The number of esters is 2. The van der Waals surface area contributed by atoms with Crippen LogP contribution in [0.4, 0.5) is 0 Å². The van der Waals surface area contributed by atoms with E-state index in [1.54, 1.807) is 0 Å². The van der Waals surface area contributed by atoms with Crippen LogP contribution < -0.4 is 14.2 Å². The van der Waals surface area contributed by atoms with Crippen LogP contribution in [-0.4, -0.2) is 31.8 Å². The van der Waals surface area contributed by atoms with Crippen molar-refractivity contribution in [2.24, 2.45) is 0 Å². The van der Waals surface area contributed by atoms with Gasteiger partial charge < -0.3 is 18.9 Å². The summed E-state index contributed by atoms with van der Waals surface area (Å²) in [4.78, 5) is 24.2. The van der Waals surface area contributed by atoms with Crippen molar-refractivity contribution in [1.29, 1.82) is 0 Å². The number of cyclic esters (lactones) is 2. The molecule has 1 aliphatic rings. The number of fused-ring (bicyclic) bond motifs is 1.